The maximum atomic E-state index is 5.93. The van der Waals surface area contributed by atoms with Crippen LogP contribution in [0.5, 0.6) is 0 Å². The van der Waals surface area contributed by atoms with Crippen LogP contribution < -0.4 is 10.6 Å². The van der Waals surface area contributed by atoms with E-state index in [1.807, 2.05) is 14.1 Å². The van der Waals surface area contributed by atoms with Gasteiger partial charge in [0.05, 0.1) is 20.8 Å². The van der Waals surface area contributed by atoms with Crippen molar-refractivity contribution < 1.29 is 0 Å². The van der Waals surface area contributed by atoms with Gasteiger partial charge in [0.2, 0.25) is 11.9 Å². The summed E-state index contributed by atoms with van der Waals surface area (Å²) < 4.78 is 0. The maximum absolute atomic E-state index is 5.93. The van der Waals surface area contributed by atoms with E-state index < -0.39 is 0 Å². The first-order chi connectivity index (χ1) is 9.45. The Morgan fingerprint density at radius 2 is 1.95 bits per heavy atom. The molecule has 2 heterocycles. The average Bonchev–Trinajstić information content (AvgIpc) is 2.39. The number of halogens is 2. The highest BCUT2D eigenvalue weighted by Crippen LogP contribution is 2.27. The monoisotopic (exact) mass is 330 g/mol. The van der Waals surface area contributed by atoms with Crippen molar-refractivity contribution in [2.24, 2.45) is 0 Å². The van der Waals surface area contributed by atoms with Crippen LogP contribution in [0.15, 0.2) is 17.3 Å². The third-order valence-corrected chi connectivity index (χ3v) is 3.85. The zero-order valence-corrected chi connectivity index (χ0v) is 13.2. The van der Waals surface area contributed by atoms with Gasteiger partial charge in [-0.25, -0.2) is 4.98 Å². The Bertz CT molecular complexity index is 622. The summed E-state index contributed by atoms with van der Waals surface area (Å²) in [4.78, 5) is 18.4. The molecule has 0 atom stereocenters. The van der Waals surface area contributed by atoms with E-state index in [1.165, 1.54) is 18.0 Å². The summed E-state index contributed by atoms with van der Waals surface area (Å²) in [6.45, 7) is 0. The fraction of sp³-hybridized carbons (Fsp3) is 0.273. The van der Waals surface area contributed by atoms with Crippen molar-refractivity contribution in [1.82, 2.24) is 19.9 Å². The van der Waals surface area contributed by atoms with Crippen molar-refractivity contribution in [3.63, 3.8) is 0 Å². The van der Waals surface area contributed by atoms with E-state index in [1.54, 1.807) is 11.0 Å². The Morgan fingerprint density at radius 3 is 2.60 bits per heavy atom. The summed E-state index contributed by atoms with van der Waals surface area (Å²) in [5.74, 6) is 1.81. The minimum atomic E-state index is 0.196. The quantitative estimate of drug-likeness (QED) is 0.862. The second-order valence-electron chi connectivity index (χ2n) is 4.03. The molecule has 0 fully saturated rings. The van der Waals surface area contributed by atoms with Crippen LogP contribution >= 0.6 is 35.0 Å². The van der Waals surface area contributed by atoms with Crippen molar-refractivity contribution in [1.29, 1.82) is 0 Å². The standard InChI is InChI=1S/C11H12Cl2N6S/c1-19(2)11-17-8(16-10(14)18-11)5-20-9-3-6(12)7(13)4-15-9/h3-4H,5H2,1-2H3,(H2,14,16,17,18). The molecule has 2 rings (SSSR count). The number of nitrogens with zero attached hydrogens (tertiary/aromatic N) is 5. The molecule has 0 radical (unpaired) electrons. The van der Waals surface area contributed by atoms with Crippen LogP contribution in [0.3, 0.4) is 0 Å². The molecule has 2 aromatic rings. The van der Waals surface area contributed by atoms with Crippen molar-refractivity contribution in [3.05, 3.63) is 28.1 Å². The summed E-state index contributed by atoms with van der Waals surface area (Å²) in [6.07, 6.45) is 1.51. The van der Waals surface area contributed by atoms with Gasteiger partial charge in [-0.2, -0.15) is 15.0 Å². The largest absolute Gasteiger partial charge is 0.368 e. The number of thioether (sulfide) groups is 1. The van der Waals surface area contributed by atoms with Crippen LogP contribution in [0.1, 0.15) is 5.82 Å². The lowest BCUT2D eigenvalue weighted by Crippen LogP contribution is -2.15. The minimum Gasteiger partial charge on any atom is -0.368 e. The van der Waals surface area contributed by atoms with Crippen LogP contribution in [0, 0.1) is 0 Å². The lowest BCUT2D eigenvalue weighted by Gasteiger charge is -2.11. The third-order valence-electron chi connectivity index (χ3n) is 2.22. The molecular formula is C11H12Cl2N6S. The van der Waals surface area contributed by atoms with E-state index in [4.69, 9.17) is 28.9 Å². The van der Waals surface area contributed by atoms with Crippen molar-refractivity contribution >= 4 is 46.9 Å². The third kappa shape index (κ3) is 3.84. The van der Waals surface area contributed by atoms with E-state index in [2.05, 4.69) is 19.9 Å². The first kappa shape index (κ1) is 15.1. The van der Waals surface area contributed by atoms with E-state index >= 15 is 0 Å². The van der Waals surface area contributed by atoms with Crippen molar-refractivity contribution in [3.8, 4) is 0 Å². The highest BCUT2D eigenvalue weighted by atomic mass is 35.5. The fourth-order valence-corrected chi connectivity index (χ4v) is 2.36. The Morgan fingerprint density at radius 1 is 1.20 bits per heavy atom. The molecular weight excluding hydrogens is 319 g/mol. The summed E-state index contributed by atoms with van der Waals surface area (Å²) in [5.41, 5.74) is 5.66. The van der Waals surface area contributed by atoms with Crippen molar-refractivity contribution in [2.75, 3.05) is 24.7 Å². The number of rotatable bonds is 4. The van der Waals surface area contributed by atoms with Gasteiger partial charge in [0, 0.05) is 20.3 Å². The predicted molar refractivity (Wildman–Crippen MR) is 82.4 cm³/mol. The summed E-state index contributed by atoms with van der Waals surface area (Å²) in [7, 11) is 3.68. The number of nitrogen functional groups attached to an aromatic ring is 1. The van der Waals surface area contributed by atoms with Gasteiger partial charge in [0.15, 0.2) is 0 Å². The molecule has 0 amide bonds. The predicted octanol–water partition coefficient (Wildman–Crippen LogP) is 2.51. The molecule has 0 aliphatic rings. The van der Waals surface area contributed by atoms with Gasteiger partial charge < -0.3 is 10.6 Å². The van der Waals surface area contributed by atoms with Gasteiger partial charge in [-0.3, -0.25) is 0 Å². The van der Waals surface area contributed by atoms with E-state index in [0.29, 0.717) is 27.6 Å². The van der Waals surface area contributed by atoms with Crippen molar-refractivity contribution in [2.45, 2.75) is 10.8 Å². The highest BCUT2D eigenvalue weighted by molar-refractivity contribution is 7.98. The molecule has 0 aliphatic heterocycles. The highest BCUT2D eigenvalue weighted by Gasteiger charge is 2.08. The number of hydrogen-bond acceptors (Lipinski definition) is 7. The Kier molecular flexibility index (Phi) is 4.85. The molecule has 2 N–H and O–H groups in total. The first-order valence-electron chi connectivity index (χ1n) is 5.57. The molecule has 20 heavy (non-hydrogen) atoms. The lowest BCUT2D eigenvalue weighted by molar-refractivity contribution is 0.918. The zero-order chi connectivity index (χ0) is 14.7. The summed E-state index contributed by atoms with van der Waals surface area (Å²) in [6, 6.07) is 1.70. The van der Waals surface area contributed by atoms with Crippen LogP contribution in [-0.2, 0) is 5.75 Å². The Hall–Kier alpha value is -1.31. The van der Waals surface area contributed by atoms with Crippen LogP contribution in [-0.4, -0.2) is 34.0 Å². The van der Waals surface area contributed by atoms with Gasteiger partial charge in [-0.15, -0.1) is 0 Å². The average molecular weight is 331 g/mol. The molecule has 0 saturated carbocycles. The second kappa shape index (κ2) is 6.43. The molecule has 0 aromatic carbocycles. The molecule has 9 heteroatoms. The molecule has 6 nitrogen and oxygen atoms in total. The molecule has 0 aliphatic carbocycles. The van der Waals surface area contributed by atoms with E-state index in [0.717, 1.165) is 5.03 Å². The zero-order valence-electron chi connectivity index (χ0n) is 10.8. The van der Waals surface area contributed by atoms with Gasteiger partial charge in [0.25, 0.3) is 0 Å². The molecule has 0 bridgehead atoms. The second-order valence-corrected chi connectivity index (χ2v) is 5.84. The first-order valence-corrected chi connectivity index (χ1v) is 7.31. The Labute approximate surface area is 130 Å². The topological polar surface area (TPSA) is 80.8 Å². The SMILES string of the molecule is CN(C)c1nc(N)nc(CSc2cc(Cl)c(Cl)cn2)n1. The molecule has 106 valence electrons. The number of aromatic nitrogens is 4. The fourth-order valence-electron chi connectivity index (χ4n) is 1.30. The minimum absolute atomic E-state index is 0.196. The van der Waals surface area contributed by atoms with E-state index in [9.17, 15) is 0 Å². The summed E-state index contributed by atoms with van der Waals surface area (Å²) in [5, 5.41) is 1.63. The smallest absolute Gasteiger partial charge is 0.229 e. The number of pyridine rings is 1. The van der Waals surface area contributed by atoms with Crippen LogP contribution in [0.25, 0.3) is 0 Å². The van der Waals surface area contributed by atoms with Crippen LogP contribution in [0.4, 0.5) is 11.9 Å². The molecule has 2 aromatic heterocycles. The molecule has 0 saturated heterocycles. The molecule has 0 unspecified atom stereocenters. The van der Waals surface area contributed by atoms with E-state index in [-0.39, 0.29) is 5.95 Å². The van der Waals surface area contributed by atoms with Crippen LogP contribution in [0.2, 0.25) is 10.0 Å². The number of hydrogen-bond donors (Lipinski definition) is 1. The summed E-state index contributed by atoms with van der Waals surface area (Å²) >= 11 is 13.2. The van der Waals surface area contributed by atoms with Gasteiger partial charge >= 0.3 is 0 Å². The number of anilines is 2. The number of nitrogens with two attached hydrogens (primary N) is 1. The van der Waals surface area contributed by atoms with Gasteiger partial charge in [0.1, 0.15) is 5.82 Å². The van der Waals surface area contributed by atoms with Gasteiger partial charge in [-0.1, -0.05) is 35.0 Å². The van der Waals surface area contributed by atoms with Gasteiger partial charge in [-0.05, 0) is 6.07 Å². The Balaban J connectivity index is 2.12. The normalized spacial score (nSPS) is 10.6. The molecule has 0 spiro atoms. The lowest BCUT2D eigenvalue weighted by atomic mass is 10.5. The maximum Gasteiger partial charge on any atom is 0.229 e.